The molecule has 0 spiro atoms. The van der Waals surface area contributed by atoms with E-state index in [9.17, 15) is 0 Å². The monoisotopic (exact) mass is 264 g/mol. The average molecular weight is 266 g/mol. The maximum Gasteiger partial charge on any atom is 0.0750 e. The maximum absolute atomic E-state index is 5.88. The number of halogens is 2. The van der Waals surface area contributed by atoms with Crippen LogP contribution < -0.4 is 10.0 Å². The van der Waals surface area contributed by atoms with Gasteiger partial charge in [-0.05, 0) is 40.0 Å². The Kier molecular flexibility index (Phi) is 2.50. The highest BCUT2D eigenvalue weighted by Crippen LogP contribution is 2.37. The van der Waals surface area contributed by atoms with Gasteiger partial charge in [-0.25, -0.2) is 4.72 Å². The molecule has 1 aliphatic rings. The summed E-state index contributed by atoms with van der Waals surface area (Å²) in [6, 6.07) is 3.82. The number of hydrogen-bond donors (Lipinski definition) is 2. The van der Waals surface area contributed by atoms with Crippen molar-refractivity contribution in [1.82, 2.24) is 4.72 Å². The van der Waals surface area contributed by atoms with Gasteiger partial charge in [-0.1, -0.05) is 11.6 Å². The molecular weight excluding hydrogens is 260 g/mol. The Morgan fingerprint density at radius 1 is 1.50 bits per heavy atom. The molecule has 0 saturated heterocycles. The molecule has 0 fully saturated rings. The van der Waals surface area contributed by atoms with Crippen LogP contribution in [0, 0.1) is 0 Å². The first-order valence-electron chi connectivity index (χ1n) is 3.40. The highest BCUT2D eigenvalue weighted by molar-refractivity contribution is 9.10. The molecule has 0 amide bonds. The summed E-state index contributed by atoms with van der Waals surface area (Å²) in [5.74, 6) is 0. The second-order valence-corrected chi connectivity index (χ2v) is 4.58. The van der Waals surface area contributed by atoms with Gasteiger partial charge in [0, 0.05) is 14.4 Å². The van der Waals surface area contributed by atoms with Crippen LogP contribution >= 0.6 is 39.5 Å². The second kappa shape index (κ2) is 3.46. The third-order valence-electron chi connectivity index (χ3n) is 1.54. The van der Waals surface area contributed by atoms with Crippen molar-refractivity contribution in [3.8, 4) is 0 Å². The summed E-state index contributed by atoms with van der Waals surface area (Å²) >= 11 is 10.9. The molecule has 2 nitrogen and oxygen atoms in total. The van der Waals surface area contributed by atoms with Gasteiger partial charge in [0.25, 0.3) is 0 Å². The summed E-state index contributed by atoms with van der Waals surface area (Å²) in [5, 5.41) is 3.97. The molecule has 1 heterocycles. The number of nitrogens with one attached hydrogen (secondary N) is 2. The fourth-order valence-corrected chi connectivity index (χ4v) is 2.96. The average Bonchev–Trinajstić information content (AvgIpc) is 2.04. The van der Waals surface area contributed by atoms with Gasteiger partial charge in [0.2, 0.25) is 0 Å². The summed E-state index contributed by atoms with van der Waals surface area (Å²) < 4.78 is 4.13. The molecule has 0 atom stereocenters. The van der Waals surface area contributed by atoms with Gasteiger partial charge >= 0.3 is 0 Å². The Bertz CT molecular complexity index is 319. The number of rotatable bonds is 0. The van der Waals surface area contributed by atoms with Crippen molar-refractivity contribution in [2.24, 2.45) is 0 Å². The predicted octanol–water partition coefficient (Wildman–Crippen LogP) is 3.08. The van der Waals surface area contributed by atoms with Crippen LogP contribution in [0.3, 0.4) is 0 Å². The Morgan fingerprint density at radius 3 is 3.17 bits per heavy atom. The van der Waals surface area contributed by atoms with Crippen molar-refractivity contribution < 1.29 is 0 Å². The van der Waals surface area contributed by atoms with Crippen LogP contribution in [0.5, 0.6) is 0 Å². The smallest absolute Gasteiger partial charge is 0.0750 e. The van der Waals surface area contributed by atoms with E-state index in [-0.39, 0.29) is 0 Å². The molecule has 12 heavy (non-hydrogen) atoms. The standard InChI is InChI=1S/C7H6BrClN2S/c8-5-1-4(9)2-6-7(5)10-3-11-12-6/h1-2,10-11H,3H2. The van der Waals surface area contributed by atoms with Crippen molar-refractivity contribution in [3.63, 3.8) is 0 Å². The SMILES string of the molecule is Clc1cc(Br)c2c(c1)SNCN2. The van der Waals surface area contributed by atoms with E-state index >= 15 is 0 Å². The Balaban J connectivity index is 2.53. The number of hydrogen-bond acceptors (Lipinski definition) is 3. The van der Waals surface area contributed by atoms with Crippen molar-refractivity contribution in [2.45, 2.75) is 4.90 Å². The largest absolute Gasteiger partial charge is 0.370 e. The third kappa shape index (κ3) is 1.57. The molecule has 0 aromatic heterocycles. The Labute approximate surface area is 88.3 Å². The van der Waals surface area contributed by atoms with Gasteiger partial charge in [-0.15, -0.1) is 0 Å². The molecule has 64 valence electrons. The molecule has 1 aromatic carbocycles. The zero-order chi connectivity index (χ0) is 8.55. The van der Waals surface area contributed by atoms with E-state index in [0.717, 1.165) is 26.7 Å². The molecule has 5 heteroatoms. The summed E-state index contributed by atoms with van der Waals surface area (Å²) in [6.45, 7) is 0.776. The van der Waals surface area contributed by atoms with Gasteiger partial charge in [0.05, 0.1) is 12.4 Å². The first-order chi connectivity index (χ1) is 5.77. The first kappa shape index (κ1) is 8.69. The van der Waals surface area contributed by atoms with E-state index in [4.69, 9.17) is 11.6 Å². The highest BCUT2D eigenvalue weighted by atomic mass is 79.9. The van der Waals surface area contributed by atoms with Crippen molar-refractivity contribution >= 4 is 45.2 Å². The van der Waals surface area contributed by atoms with Gasteiger partial charge < -0.3 is 5.32 Å². The van der Waals surface area contributed by atoms with E-state index in [1.54, 1.807) is 11.9 Å². The minimum absolute atomic E-state index is 0.749. The summed E-state index contributed by atoms with van der Waals surface area (Å²) in [5.41, 5.74) is 1.11. The lowest BCUT2D eigenvalue weighted by molar-refractivity contribution is 1.01. The van der Waals surface area contributed by atoms with E-state index in [2.05, 4.69) is 26.0 Å². The normalized spacial score (nSPS) is 15.2. The zero-order valence-electron chi connectivity index (χ0n) is 6.03. The second-order valence-electron chi connectivity index (χ2n) is 2.36. The molecule has 2 rings (SSSR count). The summed E-state index contributed by atoms with van der Waals surface area (Å²) in [7, 11) is 0. The third-order valence-corrected chi connectivity index (χ3v) is 3.21. The van der Waals surface area contributed by atoms with Crippen LogP contribution in [-0.4, -0.2) is 6.67 Å². The molecular formula is C7H6BrClN2S. The molecule has 2 N–H and O–H groups in total. The Hall–Kier alpha value is 0.1000. The zero-order valence-corrected chi connectivity index (χ0v) is 9.18. The molecule has 1 aliphatic heterocycles. The van der Waals surface area contributed by atoms with Gasteiger partial charge in [0.1, 0.15) is 0 Å². The number of benzene rings is 1. The van der Waals surface area contributed by atoms with E-state index < -0.39 is 0 Å². The molecule has 1 aromatic rings. The lowest BCUT2D eigenvalue weighted by atomic mass is 10.3. The van der Waals surface area contributed by atoms with E-state index in [0.29, 0.717) is 0 Å². The van der Waals surface area contributed by atoms with E-state index in [1.165, 1.54) is 0 Å². The minimum Gasteiger partial charge on any atom is -0.370 e. The minimum atomic E-state index is 0.749. The van der Waals surface area contributed by atoms with Crippen molar-refractivity contribution in [3.05, 3.63) is 21.6 Å². The molecule has 0 aliphatic carbocycles. The van der Waals surface area contributed by atoms with Crippen LogP contribution in [-0.2, 0) is 0 Å². The summed E-state index contributed by atoms with van der Waals surface area (Å²) in [4.78, 5) is 1.13. The van der Waals surface area contributed by atoms with Crippen LogP contribution in [0.1, 0.15) is 0 Å². The quantitative estimate of drug-likeness (QED) is 0.705. The number of fused-ring (bicyclic) bond motifs is 1. The van der Waals surface area contributed by atoms with Gasteiger partial charge in [-0.3, -0.25) is 0 Å². The highest BCUT2D eigenvalue weighted by Gasteiger charge is 2.12. The molecule has 0 saturated carbocycles. The summed E-state index contributed by atoms with van der Waals surface area (Å²) in [6.07, 6.45) is 0. The fraction of sp³-hybridized carbons (Fsp3) is 0.143. The lowest BCUT2D eigenvalue weighted by Gasteiger charge is -2.19. The topological polar surface area (TPSA) is 24.1 Å². The fourth-order valence-electron chi connectivity index (χ4n) is 1.04. The van der Waals surface area contributed by atoms with Crippen molar-refractivity contribution in [1.29, 1.82) is 0 Å². The van der Waals surface area contributed by atoms with Gasteiger partial charge in [-0.2, -0.15) is 0 Å². The first-order valence-corrected chi connectivity index (χ1v) is 5.39. The predicted molar refractivity (Wildman–Crippen MR) is 56.6 cm³/mol. The Morgan fingerprint density at radius 2 is 2.33 bits per heavy atom. The van der Waals surface area contributed by atoms with Crippen LogP contribution in [0.15, 0.2) is 21.5 Å². The molecule has 0 bridgehead atoms. The van der Waals surface area contributed by atoms with Crippen LogP contribution in [0.25, 0.3) is 0 Å². The number of anilines is 1. The molecule has 0 radical (unpaired) electrons. The van der Waals surface area contributed by atoms with Crippen LogP contribution in [0.4, 0.5) is 5.69 Å². The molecule has 0 unspecified atom stereocenters. The lowest BCUT2D eigenvalue weighted by Crippen LogP contribution is -2.20. The van der Waals surface area contributed by atoms with Crippen LogP contribution in [0.2, 0.25) is 5.02 Å². The van der Waals surface area contributed by atoms with E-state index in [1.807, 2.05) is 12.1 Å². The van der Waals surface area contributed by atoms with Crippen molar-refractivity contribution in [2.75, 3.05) is 12.0 Å². The van der Waals surface area contributed by atoms with Gasteiger partial charge in [0.15, 0.2) is 0 Å². The maximum atomic E-state index is 5.88.